The normalized spacial score (nSPS) is 19.9. The van der Waals surface area contributed by atoms with Crippen molar-refractivity contribution in [1.82, 2.24) is 5.32 Å². The monoisotopic (exact) mass is 309 g/mol. The molecule has 4 nitrogen and oxygen atoms in total. The highest BCUT2D eigenvalue weighted by atomic mass is 32.2. The summed E-state index contributed by atoms with van der Waals surface area (Å²) in [5, 5.41) is 2.97. The lowest BCUT2D eigenvalue weighted by Gasteiger charge is -2.24. The van der Waals surface area contributed by atoms with E-state index >= 15 is 0 Å². The van der Waals surface area contributed by atoms with Crippen molar-refractivity contribution in [3.63, 3.8) is 0 Å². The van der Waals surface area contributed by atoms with E-state index in [2.05, 4.69) is 24.4 Å². The molecule has 1 fully saturated rings. The number of hydrogen-bond acceptors (Lipinski definition) is 3. The number of nitrogens with one attached hydrogen (secondary N) is 1. The topological polar surface area (TPSA) is 63.2 Å². The van der Waals surface area contributed by atoms with E-state index in [1.54, 1.807) is 0 Å². The first-order valence-electron chi connectivity index (χ1n) is 7.43. The van der Waals surface area contributed by atoms with Gasteiger partial charge >= 0.3 is 0 Å². The van der Waals surface area contributed by atoms with Crippen molar-refractivity contribution < 1.29 is 13.2 Å². The van der Waals surface area contributed by atoms with Gasteiger partial charge in [-0.1, -0.05) is 31.2 Å². The molecule has 1 N–H and O–H groups in total. The van der Waals surface area contributed by atoms with Gasteiger partial charge in [-0.25, -0.2) is 8.42 Å². The summed E-state index contributed by atoms with van der Waals surface area (Å²) >= 11 is 0. The van der Waals surface area contributed by atoms with E-state index in [-0.39, 0.29) is 29.4 Å². The molecule has 0 spiro atoms. The molecule has 2 rings (SSSR count). The van der Waals surface area contributed by atoms with Crippen molar-refractivity contribution in [3.8, 4) is 0 Å². The molecule has 1 aromatic rings. The second-order valence-electron chi connectivity index (χ2n) is 5.96. The van der Waals surface area contributed by atoms with Gasteiger partial charge in [0.25, 0.3) is 0 Å². The molecular weight excluding hydrogens is 286 g/mol. The molecule has 1 atom stereocenters. The van der Waals surface area contributed by atoms with Gasteiger partial charge in [0.1, 0.15) is 9.84 Å². The lowest BCUT2D eigenvalue weighted by molar-refractivity contribution is -0.122. The average Bonchev–Trinajstić information content (AvgIpc) is 2.41. The third-order valence-corrected chi connectivity index (χ3v) is 5.85. The van der Waals surface area contributed by atoms with Gasteiger partial charge in [0, 0.05) is 12.5 Å². The number of carbonyl (C=O) groups is 1. The zero-order chi connectivity index (χ0) is 15.5. The fourth-order valence-electron chi connectivity index (χ4n) is 2.85. The number of carbonyl (C=O) groups excluding carboxylic acids is 1. The molecule has 0 radical (unpaired) electrons. The molecule has 21 heavy (non-hydrogen) atoms. The number of hydrogen-bond donors (Lipinski definition) is 1. The molecule has 116 valence electrons. The van der Waals surface area contributed by atoms with Gasteiger partial charge < -0.3 is 5.32 Å². The molecule has 1 aliphatic rings. The van der Waals surface area contributed by atoms with Crippen molar-refractivity contribution in [2.24, 2.45) is 0 Å². The van der Waals surface area contributed by atoms with Gasteiger partial charge in [0.05, 0.1) is 11.5 Å². The molecule has 0 aliphatic carbocycles. The molecule has 0 saturated carbocycles. The first-order valence-corrected chi connectivity index (χ1v) is 9.25. The minimum Gasteiger partial charge on any atom is -0.353 e. The predicted molar refractivity (Wildman–Crippen MR) is 84.0 cm³/mol. The lowest BCUT2D eigenvalue weighted by atomic mass is 9.93. The highest BCUT2D eigenvalue weighted by molar-refractivity contribution is 7.91. The van der Waals surface area contributed by atoms with Gasteiger partial charge in [0.15, 0.2) is 0 Å². The standard InChI is InChI=1S/C16H23NO3S/c1-12-5-3-4-6-15(12)13(2)11-16(18)17-14-7-9-21(19,20)10-8-14/h3-6,13-14H,7-11H2,1-2H3,(H,17,18)/t13-/m0/s1. The largest absolute Gasteiger partial charge is 0.353 e. The summed E-state index contributed by atoms with van der Waals surface area (Å²) in [7, 11) is -2.87. The second kappa shape index (κ2) is 6.60. The Morgan fingerprint density at radius 1 is 1.29 bits per heavy atom. The maximum absolute atomic E-state index is 12.1. The second-order valence-corrected chi connectivity index (χ2v) is 8.26. The molecule has 0 unspecified atom stereocenters. The Kier molecular flexibility index (Phi) is 5.04. The number of amides is 1. The molecule has 1 saturated heterocycles. The molecule has 0 aromatic heterocycles. The van der Waals surface area contributed by atoms with E-state index in [0.717, 1.165) is 0 Å². The Balaban J connectivity index is 1.86. The summed E-state index contributed by atoms with van der Waals surface area (Å²) in [4.78, 5) is 12.1. The van der Waals surface area contributed by atoms with Crippen LogP contribution in [0.5, 0.6) is 0 Å². The summed E-state index contributed by atoms with van der Waals surface area (Å²) < 4.78 is 22.7. The Labute approximate surface area is 126 Å². The fourth-order valence-corrected chi connectivity index (χ4v) is 4.34. The first-order chi connectivity index (χ1) is 9.87. The predicted octanol–water partition coefficient (Wildman–Crippen LogP) is 2.18. The van der Waals surface area contributed by atoms with Crippen LogP contribution in [0.3, 0.4) is 0 Å². The third-order valence-electron chi connectivity index (χ3n) is 4.13. The molecule has 1 amide bonds. The summed E-state index contributed by atoms with van der Waals surface area (Å²) in [6, 6.07) is 8.10. The van der Waals surface area contributed by atoms with Gasteiger partial charge in [-0.3, -0.25) is 4.79 Å². The van der Waals surface area contributed by atoms with Crippen LogP contribution < -0.4 is 5.32 Å². The molecule has 1 heterocycles. The molecule has 1 aliphatic heterocycles. The van der Waals surface area contributed by atoms with Crippen LogP contribution in [-0.2, 0) is 14.6 Å². The summed E-state index contributed by atoms with van der Waals surface area (Å²) in [5.74, 6) is 0.546. The van der Waals surface area contributed by atoms with E-state index in [1.165, 1.54) is 11.1 Å². The maximum Gasteiger partial charge on any atom is 0.220 e. The zero-order valence-corrected chi connectivity index (χ0v) is 13.4. The highest BCUT2D eigenvalue weighted by Crippen LogP contribution is 2.22. The number of aryl methyl sites for hydroxylation is 1. The van der Waals surface area contributed by atoms with Crippen LogP contribution in [-0.4, -0.2) is 31.9 Å². The van der Waals surface area contributed by atoms with Crippen LogP contribution in [0.2, 0.25) is 0 Å². The van der Waals surface area contributed by atoms with Crippen LogP contribution in [0.15, 0.2) is 24.3 Å². The Morgan fingerprint density at radius 2 is 1.90 bits per heavy atom. The number of benzene rings is 1. The van der Waals surface area contributed by atoms with Gasteiger partial charge in [0.2, 0.25) is 5.91 Å². The lowest BCUT2D eigenvalue weighted by Crippen LogP contribution is -2.41. The minimum absolute atomic E-state index is 0.00472. The van der Waals surface area contributed by atoms with Crippen LogP contribution in [0, 0.1) is 6.92 Å². The van der Waals surface area contributed by atoms with Crippen molar-refractivity contribution >= 4 is 15.7 Å². The fraction of sp³-hybridized carbons (Fsp3) is 0.562. The smallest absolute Gasteiger partial charge is 0.220 e. The summed E-state index contributed by atoms with van der Waals surface area (Å²) in [6.45, 7) is 4.10. The van der Waals surface area contributed by atoms with Gasteiger partial charge in [-0.2, -0.15) is 0 Å². The maximum atomic E-state index is 12.1. The summed E-state index contributed by atoms with van der Waals surface area (Å²) in [5.41, 5.74) is 2.39. The molecule has 5 heteroatoms. The number of rotatable bonds is 4. The Morgan fingerprint density at radius 3 is 2.52 bits per heavy atom. The minimum atomic E-state index is -2.87. The van der Waals surface area contributed by atoms with E-state index < -0.39 is 9.84 Å². The van der Waals surface area contributed by atoms with Crippen LogP contribution in [0.4, 0.5) is 0 Å². The van der Waals surface area contributed by atoms with Crippen LogP contribution in [0.1, 0.15) is 43.2 Å². The molecular formula is C16H23NO3S. The van der Waals surface area contributed by atoms with Crippen molar-refractivity contribution in [2.45, 2.75) is 45.1 Å². The molecule has 1 aromatic carbocycles. The van der Waals surface area contributed by atoms with Crippen molar-refractivity contribution in [2.75, 3.05) is 11.5 Å². The number of sulfone groups is 1. The van der Waals surface area contributed by atoms with Gasteiger partial charge in [-0.15, -0.1) is 0 Å². The van der Waals surface area contributed by atoms with Gasteiger partial charge in [-0.05, 0) is 36.8 Å². The van der Waals surface area contributed by atoms with E-state index in [1.807, 2.05) is 19.1 Å². The molecule has 0 bridgehead atoms. The highest BCUT2D eigenvalue weighted by Gasteiger charge is 2.25. The quantitative estimate of drug-likeness (QED) is 0.927. The zero-order valence-electron chi connectivity index (χ0n) is 12.6. The van der Waals surface area contributed by atoms with Crippen molar-refractivity contribution in [1.29, 1.82) is 0 Å². The van der Waals surface area contributed by atoms with E-state index in [4.69, 9.17) is 0 Å². The van der Waals surface area contributed by atoms with Crippen LogP contribution >= 0.6 is 0 Å². The van der Waals surface area contributed by atoms with E-state index in [9.17, 15) is 13.2 Å². The average molecular weight is 309 g/mol. The van der Waals surface area contributed by atoms with Crippen LogP contribution in [0.25, 0.3) is 0 Å². The first kappa shape index (κ1) is 16.0. The van der Waals surface area contributed by atoms with Crippen molar-refractivity contribution in [3.05, 3.63) is 35.4 Å². The SMILES string of the molecule is Cc1ccccc1[C@@H](C)CC(=O)NC1CCS(=O)(=O)CC1. The Bertz CT molecular complexity index is 596. The Hall–Kier alpha value is -1.36. The summed E-state index contributed by atoms with van der Waals surface area (Å²) in [6.07, 6.45) is 1.51. The van der Waals surface area contributed by atoms with E-state index in [0.29, 0.717) is 19.3 Å². The third kappa shape index (κ3) is 4.56.